The van der Waals surface area contributed by atoms with E-state index in [-0.39, 0.29) is 24.4 Å². The molecular formula is C28H47NO6P+. The third-order valence-corrected chi connectivity index (χ3v) is 7.40. The quantitative estimate of drug-likeness (QED) is 0.112. The van der Waals surface area contributed by atoms with Crippen LogP contribution in [0.4, 0.5) is 0 Å². The molecular weight excluding hydrogens is 477 g/mol. The van der Waals surface area contributed by atoms with Crippen molar-refractivity contribution in [1.82, 2.24) is 0 Å². The summed E-state index contributed by atoms with van der Waals surface area (Å²) < 4.78 is 11.8. The van der Waals surface area contributed by atoms with Crippen molar-refractivity contribution in [3.63, 3.8) is 0 Å². The Hall–Kier alpha value is -1.34. The van der Waals surface area contributed by atoms with Crippen LogP contribution in [0.3, 0.4) is 0 Å². The first kappa shape index (κ1) is 30.9. The zero-order chi connectivity index (χ0) is 26.8. The van der Waals surface area contributed by atoms with E-state index < -0.39 is 23.9 Å². The van der Waals surface area contributed by atoms with Gasteiger partial charge in [0.2, 0.25) is 0 Å². The van der Waals surface area contributed by atoms with Gasteiger partial charge in [0.25, 0.3) is 0 Å². The standard InChI is InChI=1S/C28H47NO6P/c1-5-22-13-14-27(32)34-25(22)15-16-28(33,17-18-29(2,3)4)26(35-36)20-24(31)11-7-6-9-21-10-8-12-23(30)19-21/h6-7,9,11,13-16,21-26,30-31,33H,5,8,10,12,17-20,36H2,1-4H3/q+1. The molecule has 204 valence electrons. The molecule has 3 N–H and O–H groups in total. The van der Waals surface area contributed by atoms with E-state index in [4.69, 9.17) is 9.26 Å². The van der Waals surface area contributed by atoms with Gasteiger partial charge in [-0.05, 0) is 37.7 Å². The molecule has 1 heterocycles. The fraction of sp³-hybridized carbons (Fsp3) is 0.679. The van der Waals surface area contributed by atoms with Crippen molar-refractivity contribution < 1.29 is 33.9 Å². The molecule has 7 nitrogen and oxygen atoms in total. The van der Waals surface area contributed by atoms with E-state index >= 15 is 0 Å². The van der Waals surface area contributed by atoms with Crippen LogP contribution >= 0.6 is 9.47 Å². The van der Waals surface area contributed by atoms with Crippen molar-refractivity contribution >= 4 is 15.4 Å². The van der Waals surface area contributed by atoms with Crippen LogP contribution in [0, 0.1) is 11.8 Å². The van der Waals surface area contributed by atoms with Crippen molar-refractivity contribution in [2.24, 2.45) is 11.8 Å². The van der Waals surface area contributed by atoms with Crippen LogP contribution in [0.25, 0.3) is 0 Å². The molecule has 0 aromatic heterocycles. The Morgan fingerprint density at radius 1 is 1.28 bits per heavy atom. The Balaban J connectivity index is 2.11. The number of aliphatic hydroxyl groups excluding tert-OH is 2. The Morgan fingerprint density at radius 3 is 2.67 bits per heavy atom. The van der Waals surface area contributed by atoms with Gasteiger partial charge in [0.15, 0.2) is 0 Å². The fourth-order valence-electron chi connectivity index (χ4n) is 4.72. The highest BCUT2D eigenvalue weighted by molar-refractivity contribution is 7.09. The van der Waals surface area contributed by atoms with E-state index in [1.165, 1.54) is 6.08 Å². The summed E-state index contributed by atoms with van der Waals surface area (Å²) in [6.45, 7) is 2.70. The molecule has 36 heavy (non-hydrogen) atoms. The summed E-state index contributed by atoms with van der Waals surface area (Å²) in [7, 11) is 8.38. The number of rotatable bonds is 13. The third kappa shape index (κ3) is 10.6. The minimum Gasteiger partial charge on any atom is -0.454 e. The van der Waals surface area contributed by atoms with Crippen molar-refractivity contribution in [1.29, 1.82) is 0 Å². The van der Waals surface area contributed by atoms with Crippen LogP contribution < -0.4 is 0 Å². The molecule has 2 rings (SSSR count). The van der Waals surface area contributed by atoms with E-state index in [9.17, 15) is 20.1 Å². The molecule has 1 aliphatic heterocycles. The van der Waals surface area contributed by atoms with E-state index in [1.807, 2.05) is 25.2 Å². The molecule has 0 radical (unpaired) electrons. The fourth-order valence-corrected chi connectivity index (χ4v) is 5.06. The van der Waals surface area contributed by atoms with Gasteiger partial charge in [0.05, 0.1) is 46.0 Å². The summed E-state index contributed by atoms with van der Waals surface area (Å²) in [5.74, 6) is 0.0158. The zero-order valence-electron chi connectivity index (χ0n) is 22.3. The van der Waals surface area contributed by atoms with E-state index in [0.29, 0.717) is 23.4 Å². The number of carbonyl (C=O) groups is 1. The summed E-state index contributed by atoms with van der Waals surface area (Å²) in [5, 5.41) is 32.2. The van der Waals surface area contributed by atoms with E-state index in [2.05, 4.69) is 36.7 Å². The summed E-state index contributed by atoms with van der Waals surface area (Å²) in [4.78, 5) is 11.8. The highest BCUT2D eigenvalue weighted by Crippen LogP contribution is 2.30. The number of hydrogen-bond acceptors (Lipinski definition) is 6. The zero-order valence-corrected chi connectivity index (χ0v) is 23.5. The number of nitrogens with zero attached hydrogens (tertiary/aromatic N) is 1. The van der Waals surface area contributed by atoms with Crippen molar-refractivity contribution in [2.45, 2.75) is 81.9 Å². The molecule has 1 saturated carbocycles. The number of hydrogen-bond donors (Lipinski definition) is 3. The van der Waals surface area contributed by atoms with Gasteiger partial charge in [-0.2, -0.15) is 0 Å². The first-order valence-corrected chi connectivity index (χ1v) is 13.6. The van der Waals surface area contributed by atoms with Crippen molar-refractivity contribution in [3.8, 4) is 0 Å². The SMILES string of the molecule is CCC1C=CC(=O)OC1C=CC(O)(CC[N+](C)(C)C)C(CC(O)C=CC=CC1CCCC(O)C1)OP. The molecule has 1 aliphatic carbocycles. The Kier molecular flexibility index (Phi) is 12.5. The summed E-state index contributed by atoms with van der Waals surface area (Å²) in [6, 6.07) is 0. The number of quaternary nitrogens is 1. The summed E-state index contributed by atoms with van der Waals surface area (Å²) >= 11 is 0. The smallest absolute Gasteiger partial charge is 0.331 e. The van der Waals surface area contributed by atoms with Crippen LogP contribution in [0.1, 0.15) is 51.9 Å². The molecule has 8 unspecified atom stereocenters. The molecule has 2 aliphatic rings. The molecule has 8 heteroatoms. The maximum atomic E-state index is 11.8. The number of carbonyl (C=O) groups excluding carboxylic acids is 1. The highest BCUT2D eigenvalue weighted by atomic mass is 31.0. The van der Waals surface area contributed by atoms with Gasteiger partial charge in [-0.15, -0.1) is 0 Å². The van der Waals surface area contributed by atoms with E-state index in [0.717, 1.165) is 32.1 Å². The van der Waals surface area contributed by atoms with Crippen LogP contribution in [0.5, 0.6) is 0 Å². The predicted molar refractivity (Wildman–Crippen MR) is 146 cm³/mol. The third-order valence-electron chi connectivity index (χ3n) is 7.07. The van der Waals surface area contributed by atoms with Crippen LogP contribution in [-0.2, 0) is 14.1 Å². The average molecular weight is 525 g/mol. The van der Waals surface area contributed by atoms with Gasteiger partial charge in [0.1, 0.15) is 11.7 Å². The molecule has 0 spiro atoms. The minimum atomic E-state index is -1.37. The number of allylic oxidation sites excluding steroid dienone is 3. The van der Waals surface area contributed by atoms with Gasteiger partial charge in [0, 0.05) is 34.3 Å². The molecule has 0 amide bonds. The van der Waals surface area contributed by atoms with E-state index in [1.54, 1.807) is 18.2 Å². The molecule has 0 aromatic rings. The highest BCUT2D eigenvalue weighted by Gasteiger charge is 2.38. The van der Waals surface area contributed by atoms with Crippen molar-refractivity contribution in [3.05, 3.63) is 48.6 Å². The lowest BCUT2D eigenvalue weighted by atomic mass is 9.86. The maximum Gasteiger partial charge on any atom is 0.331 e. The second kappa shape index (κ2) is 14.6. The van der Waals surface area contributed by atoms with Gasteiger partial charge >= 0.3 is 5.97 Å². The Labute approximate surface area is 219 Å². The van der Waals surface area contributed by atoms with Gasteiger partial charge in [-0.1, -0.05) is 49.8 Å². The normalized spacial score (nSPS) is 29.1. The number of ether oxygens (including phenoxy) is 1. The predicted octanol–water partition coefficient (Wildman–Crippen LogP) is 3.47. The molecule has 8 atom stereocenters. The number of esters is 1. The number of aliphatic hydroxyl groups is 3. The van der Waals surface area contributed by atoms with Crippen LogP contribution in [-0.4, -0.2) is 83.5 Å². The Bertz CT molecular complexity index is 804. The van der Waals surface area contributed by atoms with Gasteiger partial charge < -0.3 is 29.1 Å². The lowest BCUT2D eigenvalue weighted by Crippen LogP contribution is -2.48. The average Bonchev–Trinajstić information content (AvgIpc) is 2.82. The molecule has 0 aromatic carbocycles. The van der Waals surface area contributed by atoms with Crippen LogP contribution in [0.2, 0.25) is 0 Å². The van der Waals surface area contributed by atoms with Gasteiger partial charge in [-0.3, -0.25) is 0 Å². The van der Waals surface area contributed by atoms with Crippen LogP contribution in [0.15, 0.2) is 48.6 Å². The minimum absolute atomic E-state index is 0.0440. The lowest BCUT2D eigenvalue weighted by molar-refractivity contribution is -0.871. The first-order chi connectivity index (χ1) is 17.0. The monoisotopic (exact) mass is 524 g/mol. The lowest BCUT2D eigenvalue weighted by Gasteiger charge is -2.36. The van der Waals surface area contributed by atoms with Crippen molar-refractivity contribution in [2.75, 3.05) is 27.7 Å². The second-order valence-electron chi connectivity index (χ2n) is 11.2. The second-order valence-corrected chi connectivity index (χ2v) is 11.5. The first-order valence-electron chi connectivity index (χ1n) is 13.1. The maximum absolute atomic E-state index is 11.8. The number of cyclic esters (lactones) is 1. The topological polar surface area (TPSA) is 96.2 Å². The molecule has 1 fully saturated rings. The Morgan fingerprint density at radius 2 is 2.03 bits per heavy atom. The molecule has 0 bridgehead atoms. The summed E-state index contributed by atoms with van der Waals surface area (Å²) in [6.07, 6.45) is 17.2. The largest absolute Gasteiger partial charge is 0.454 e. The van der Waals surface area contributed by atoms with Gasteiger partial charge in [-0.25, -0.2) is 4.79 Å². The summed E-state index contributed by atoms with van der Waals surface area (Å²) in [5.41, 5.74) is -1.37. The molecule has 0 saturated heterocycles.